The number of anilines is 1. The molecule has 1 saturated heterocycles. The summed E-state index contributed by atoms with van der Waals surface area (Å²) in [6, 6.07) is 8.42. The van der Waals surface area contributed by atoms with E-state index in [1.165, 1.54) is 0 Å². The number of benzene rings is 1. The first-order valence-corrected chi connectivity index (χ1v) is 7.45. The van der Waals surface area contributed by atoms with E-state index in [-0.39, 0.29) is 12.5 Å². The summed E-state index contributed by atoms with van der Waals surface area (Å²) in [4.78, 5) is 37.3. The minimum absolute atomic E-state index is 0.277. The third kappa shape index (κ3) is 3.44. The van der Waals surface area contributed by atoms with E-state index >= 15 is 0 Å². The zero-order valence-corrected chi connectivity index (χ0v) is 12.9. The SMILES string of the molecule is CCCCC1(C)NC(=O)N(CC(=O)Nc2ccccc2)C1=O. The van der Waals surface area contributed by atoms with E-state index < -0.39 is 17.5 Å². The number of nitrogens with zero attached hydrogens (tertiary/aromatic N) is 1. The Bertz CT molecular complexity index is 573. The monoisotopic (exact) mass is 303 g/mol. The second-order valence-corrected chi connectivity index (χ2v) is 5.67. The Hall–Kier alpha value is -2.37. The Morgan fingerprint density at radius 1 is 1.27 bits per heavy atom. The lowest BCUT2D eigenvalue weighted by Gasteiger charge is -2.21. The van der Waals surface area contributed by atoms with Crippen LogP contribution in [-0.4, -0.2) is 34.8 Å². The average molecular weight is 303 g/mol. The summed E-state index contributed by atoms with van der Waals surface area (Å²) in [6.07, 6.45) is 2.35. The maximum absolute atomic E-state index is 12.4. The van der Waals surface area contributed by atoms with Gasteiger partial charge in [-0.05, 0) is 25.5 Å². The average Bonchev–Trinajstić information content (AvgIpc) is 2.70. The fraction of sp³-hybridized carbons (Fsp3) is 0.438. The van der Waals surface area contributed by atoms with Crippen LogP contribution in [0.4, 0.5) is 10.5 Å². The van der Waals surface area contributed by atoms with Crippen molar-refractivity contribution >= 4 is 23.5 Å². The lowest BCUT2D eigenvalue weighted by Crippen LogP contribution is -2.44. The molecule has 1 aromatic rings. The van der Waals surface area contributed by atoms with E-state index in [1.54, 1.807) is 31.2 Å². The van der Waals surface area contributed by atoms with Crippen molar-refractivity contribution in [3.63, 3.8) is 0 Å². The summed E-state index contributed by atoms with van der Waals surface area (Å²) >= 11 is 0. The number of hydrogen-bond acceptors (Lipinski definition) is 3. The maximum Gasteiger partial charge on any atom is 0.325 e. The fourth-order valence-electron chi connectivity index (χ4n) is 2.46. The van der Waals surface area contributed by atoms with Gasteiger partial charge in [0.15, 0.2) is 0 Å². The molecule has 118 valence electrons. The minimum atomic E-state index is -0.903. The normalized spacial score (nSPS) is 20.9. The van der Waals surface area contributed by atoms with Gasteiger partial charge in [-0.3, -0.25) is 14.5 Å². The van der Waals surface area contributed by atoms with Gasteiger partial charge < -0.3 is 10.6 Å². The third-order valence-corrected chi connectivity index (χ3v) is 3.73. The first-order chi connectivity index (χ1) is 10.5. The third-order valence-electron chi connectivity index (χ3n) is 3.73. The molecule has 4 amide bonds. The lowest BCUT2D eigenvalue weighted by atomic mass is 9.95. The molecule has 1 unspecified atom stereocenters. The van der Waals surface area contributed by atoms with Gasteiger partial charge in [-0.25, -0.2) is 4.79 Å². The van der Waals surface area contributed by atoms with Crippen molar-refractivity contribution < 1.29 is 14.4 Å². The second kappa shape index (κ2) is 6.60. The fourth-order valence-corrected chi connectivity index (χ4v) is 2.46. The van der Waals surface area contributed by atoms with Crippen LogP contribution in [0.15, 0.2) is 30.3 Å². The minimum Gasteiger partial charge on any atom is -0.325 e. The molecule has 1 heterocycles. The highest BCUT2D eigenvalue weighted by atomic mass is 16.2. The summed E-state index contributed by atoms with van der Waals surface area (Å²) in [7, 11) is 0. The second-order valence-electron chi connectivity index (χ2n) is 5.67. The van der Waals surface area contributed by atoms with Gasteiger partial charge in [-0.1, -0.05) is 38.0 Å². The standard InChI is InChI=1S/C16H21N3O3/c1-3-4-10-16(2)14(21)19(15(22)18-16)11-13(20)17-12-8-6-5-7-9-12/h5-9H,3-4,10-11H2,1-2H3,(H,17,20)(H,18,22). The van der Waals surface area contributed by atoms with Gasteiger partial charge in [0.05, 0.1) is 0 Å². The van der Waals surface area contributed by atoms with Crippen LogP contribution in [0.25, 0.3) is 0 Å². The molecule has 2 rings (SSSR count). The molecule has 6 nitrogen and oxygen atoms in total. The van der Waals surface area contributed by atoms with E-state index in [2.05, 4.69) is 10.6 Å². The number of urea groups is 1. The number of carbonyl (C=O) groups is 3. The highest BCUT2D eigenvalue weighted by Gasteiger charge is 2.47. The molecule has 1 aliphatic heterocycles. The molecule has 1 fully saturated rings. The van der Waals surface area contributed by atoms with Crippen LogP contribution in [0.3, 0.4) is 0 Å². The van der Waals surface area contributed by atoms with Crippen molar-refractivity contribution in [3.8, 4) is 0 Å². The van der Waals surface area contributed by atoms with E-state index in [9.17, 15) is 14.4 Å². The highest BCUT2D eigenvalue weighted by Crippen LogP contribution is 2.23. The molecule has 22 heavy (non-hydrogen) atoms. The first kappa shape index (κ1) is 16.0. The van der Waals surface area contributed by atoms with Crippen LogP contribution in [0.2, 0.25) is 0 Å². The quantitative estimate of drug-likeness (QED) is 0.790. The Kier molecular flexibility index (Phi) is 4.80. The molecule has 2 N–H and O–H groups in total. The Balaban J connectivity index is 1.99. The van der Waals surface area contributed by atoms with E-state index in [0.717, 1.165) is 17.7 Å². The number of rotatable bonds is 6. The molecular weight excluding hydrogens is 282 g/mol. The molecule has 1 atom stereocenters. The first-order valence-electron chi connectivity index (χ1n) is 7.45. The van der Waals surface area contributed by atoms with Crippen molar-refractivity contribution in [2.24, 2.45) is 0 Å². The van der Waals surface area contributed by atoms with Gasteiger partial charge in [0.25, 0.3) is 5.91 Å². The maximum atomic E-state index is 12.4. The van der Waals surface area contributed by atoms with Crippen molar-refractivity contribution in [1.29, 1.82) is 0 Å². The van der Waals surface area contributed by atoms with Crippen molar-refractivity contribution in [2.75, 3.05) is 11.9 Å². The van der Waals surface area contributed by atoms with E-state index in [1.807, 2.05) is 13.0 Å². The van der Waals surface area contributed by atoms with Crippen LogP contribution in [0.1, 0.15) is 33.1 Å². The summed E-state index contributed by atoms with van der Waals surface area (Å²) in [5, 5.41) is 5.36. The molecular formula is C16H21N3O3. The molecule has 0 aliphatic carbocycles. The number of hydrogen-bond donors (Lipinski definition) is 2. The van der Waals surface area contributed by atoms with Gasteiger partial charge in [-0.2, -0.15) is 0 Å². The molecule has 0 bridgehead atoms. The molecule has 1 aromatic carbocycles. The number of nitrogens with one attached hydrogen (secondary N) is 2. The van der Waals surface area contributed by atoms with Crippen LogP contribution in [0.5, 0.6) is 0 Å². The number of amides is 4. The summed E-state index contributed by atoms with van der Waals surface area (Å²) in [5.41, 5.74) is -0.270. The van der Waals surface area contributed by atoms with Crippen LogP contribution in [0, 0.1) is 0 Å². The topological polar surface area (TPSA) is 78.5 Å². The Morgan fingerprint density at radius 3 is 2.59 bits per heavy atom. The smallest absolute Gasteiger partial charge is 0.325 e. The number of carbonyl (C=O) groups excluding carboxylic acids is 3. The molecule has 6 heteroatoms. The number of unbranched alkanes of at least 4 members (excludes halogenated alkanes) is 1. The molecule has 0 aromatic heterocycles. The zero-order valence-electron chi connectivity index (χ0n) is 12.9. The van der Waals surface area contributed by atoms with E-state index in [4.69, 9.17) is 0 Å². The number of imide groups is 1. The van der Waals surface area contributed by atoms with Gasteiger partial charge in [0.2, 0.25) is 5.91 Å². The molecule has 1 aliphatic rings. The van der Waals surface area contributed by atoms with Gasteiger partial charge in [0.1, 0.15) is 12.1 Å². The Morgan fingerprint density at radius 2 is 1.95 bits per heavy atom. The van der Waals surface area contributed by atoms with Gasteiger partial charge in [-0.15, -0.1) is 0 Å². The molecule has 0 saturated carbocycles. The van der Waals surface area contributed by atoms with Crippen molar-refractivity contribution in [3.05, 3.63) is 30.3 Å². The van der Waals surface area contributed by atoms with Crippen molar-refractivity contribution in [1.82, 2.24) is 10.2 Å². The summed E-state index contributed by atoms with van der Waals surface area (Å²) in [6.45, 7) is 3.45. The van der Waals surface area contributed by atoms with Crippen LogP contribution in [-0.2, 0) is 9.59 Å². The van der Waals surface area contributed by atoms with Gasteiger partial charge >= 0.3 is 6.03 Å². The van der Waals surface area contributed by atoms with E-state index in [0.29, 0.717) is 12.1 Å². The molecule has 0 spiro atoms. The Labute approximate surface area is 129 Å². The predicted molar refractivity (Wildman–Crippen MR) is 83.2 cm³/mol. The van der Waals surface area contributed by atoms with Crippen molar-refractivity contribution in [2.45, 2.75) is 38.6 Å². The van der Waals surface area contributed by atoms with Crippen LogP contribution >= 0.6 is 0 Å². The van der Waals surface area contributed by atoms with Gasteiger partial charge in [0, 0.05) is 5.69 Å². The largest absolute Gasteiger partial charge is 0.325 e. The van der Waals surface area contributed by atoms with Crippen LogP contribution < -0.4 is 10.6 Å². The zero-order chi connectivity index (χ0) is 16.2. The summed E-state index contributed by atoms with van der Waals surface area (Å²) in [5.74, 6) is -0.733. The number of para-hydroxylation sites is 1. The summed E-state index contributed by atoms with van der Waals surface area (Å²) < 4.78 is 0. The lowest BCUT2D eigenvalue weighted by molar-refractivity contribution is -0.133. The molecule has 0 radical (unpaired) electrons. The highest BCUT2D eigenvalue weighted by molar-refractivity contribution is 6.09. The predicted octanol–water partition coefficient (Wildman–Crippen LogP) is 2.13.